The van der Waals surface area contributed by atoms with Gasteiger partial charge in [-0.05, 0) is 42.0 Å². The number of pyridine rings is 1. The fraction of sp³-hybridized carbons (Fsp3) is 0.292. The van der Waals surface area contributed by atoms with Crippen LogP contribution in [0.3, 0.4) is 0 Å². The second-order valence-corrected chi connectivity index (χ2v) is 9.25. The lowest BCUT2D eigenvalue weighted by atomic mass is 9.81. The van der Waals surface area contributed by atoms with Crippen LogP contribution in [0.15, 0.2) is 69.2 Å². The van der Waals surface area contributed by atoms with Crippen LogP contribution in [0.2, 0.25) is 0 Å². The van der Waals surface area contributed by atoms with Gasteiger partial charge in [0.15, 0.2) is 0 Å². The summed E-state index contributed by atoms with van der Waals surface area (Å²) >= 11 is 1.75. The molecular weight excluding hydrogens is 380 g/mol. The number of benzene rings is 1. The Morgan fingerprint density at radius 1 is 1.03 bits per heavy atom. The van der Waals surface area contributed by atoms with Crippen molar-refractivity contribution in [3.63, 3.8) is 0 Å². The topological polar surface area (TPSA) is 38.4 Å². The fourth-order valence-corrected chi connectivity index (χ4v) is 5.98. The molecule has 2 atom stereocenters. The molecule has 2 aliphatic rings. The molecule has 2 bridgehead atoms. The first-order valence-electron chi connectivity index (χ1n) is 10.2. The molecule has 5 heteroatoms. The van der Waals surface area contributed by atoms with E-state index in [4.69, 9.17) is 4.42 Å². The second kappa shape index (κ2) is 6.71. The van der Waals surface area contributed by atoms with E-state index in [0.717, 1.165) is 42.9 Å². The molecule has 0 radical (unpaired) electrons. The van der Waals surface area contributed by atoms with Gasteiger partial charge in [-0.2, -0.15) is 0 Å². The maximum atomic E-state index is 12.6. The lowest BCUT2D eigenvalue weighted by molar-refractivity contribution is 0.109. The van der Waals surface area contributed by atoms with Crippen LogP contribution >= 0.6 is 11.3 Å². The van der Waals surface area contributed by atoms with Gasteiger partial charge >= 0.3 is 0 Å². The third-order valence-corrected chi connectivity index (χ3v) is 7.21. The molecule has 1 saturated heterocycles. The van der Waals surface area contributed by atoms with Gasteiger partial charge in [0.1, 0.15) is 11.3 Å². The standard InChI is InChI=1S/C24H22N2O2S/c27-23-8-7-20(22-6-3-9-29-22)24-18-10-16(13-26(23)24)12-25(14-18)15-19-11-17-4-1-2-5-21(17)28-19/h1-9,11,16,18H,10,12-15H2/t16-,18+/m0/s1. The van der Waals surface area contributed by atoms with E-state index in [2.05, 4.69) is 34.5 Å². The SMILES string of the molecule is O=c1ccc(-c2cccs2)c2n1C[C@H]1C[C@@H]2CN(Cc2cc3ccccc3o2)C1. The van der Waals surface area contributed by atoms with Crippen molar-refractivity contribution in [2.24, 2.45) is 5.92 Å². The number of hydrogen-bond donors (Lipinski definition) is 0. The van der Waals surface area contributed by atoms with E-state index >= 15 is 0 Å². The highest BCUT2D eigenvalue weighted by Gasteiger charge is 2.36. The molecule has 146 valence electrons. The third kappa shape index (κ3) is 2.96. The zero-order chi connectivity index (χ0) is 19.4. The van der Waals surface area contributed by atoms with Gasteiger partial charge in [0.25, 0.3) is 5.56 Å². The molecule has 4 nitrogen and oxygen atoms in total. The molecule has 6 rings (SSSR count). The summed E-state index contributed by atoms with van der Waals surface area (Å²) < 4.78 is 8.12. The van der Waals surface area contributed by atoms with Crippen LogP contribution in [0.4, 0.5) is 0 Å². The lowest BCUT2D eigenvalue weighted by Gasteiger charge is -2.43. The summed E-state index contributed by atoms with van der Waals surface area (Å²) in [5, 5.41) is 3.27. The number of aromatic nitrogens is 1. The van der Waals surface area contributed by atoms with Crippen LogP contribution in [-0.2, 0) is 13.1 Å². The number of nitrogens with zero attached hydrogens (tertiary/aromatic N) is 2. The fourth-order valence-electron chi connectivity index (χ4n) is 5.22. The van der Waals surface area contributed by atoms with Crippen molar-refractivity contribution < 1.29 is 4.42 Å². The van der Waals surface area contributed by atoms with E-state index in [9.17, 15) is 4.79 Å². The predicted molar refractivity (Wildman–Crippen MR) is 116 cm³/mol. The smallest absolute Gasteiger partial charge is 0.250 e. The van der Waals surface area contributed by atoms with Gasteiger partial charge in [0.2, 0.25) is 0 Å². The summed E-state index contributed by atoms with van der Waals surface area (Å²) in [7, 11) is 0. The molecule has 1 aromatic carbocycles. The van der Waals surface area contributed by atoms with Crippen molar-refractivity contribution in [1.29, 1.82) is 0 Å². The Hall–Kier alpha value is -2.63. The van der Waals surface area contributed by atoms with Gasteiger partial charge in [0, 0.05) is 53.1 Å². The molecule has 0 unspecified atom stereocenters. The maximum absolute atomic E-state index is 12.6. The maximum Gasteiger partial charge on any atom is 0.250 e. The molecule has 3 aromatic heterocycles. The Bertz CT molecular complexity index is 1200. The van der Waals surface area contributed by atoms with E-state index < -0.39 is 0 Å². The molecule has 0 N–H and O–H groups in total. The quantitative estimate of drug-likeness (QED) is 0.487. The van der Waals surface area contributed by atoms with Gasteiger partial charge in [-0.25, -0.2) is 0 Å². The molecule has 1 fully saturated rings. The summed E-state index contributed by atoms with van der Waals surface area (Å²) in [6, 6.07) is 18.4. The molecule has 0 aliphatic carbocycles. The van der Waals surface area contributed by atoms with Crippen molar-refractivity contribution >= 4 is 22.3 Å². The van der Waals surface area contributed by atoms with E-state index in [1.165, 1.54) is 22.6 Å². The molecule has 4 aromatic rings. The van der Waals surface area contributed by atoms with E-state index in [1.807, 2.05) is 28.8 Å². The number of hydrogen-bond acceptors (Lipinski definition) is 4. The van der Waals surface area contributed by atoms with Crippen LogP contribution in [0.5, 0.6) is 0 Å². The monoisotopic (exact) mass is 402 g/mol. The van der Waals surface area contributed by atoms with Crippen LogP contribution in [0.1, 0.15) is 23.8 Å². The molecule has 0 amide bonds. The highest BCUT2D eigenvalue weighted by Crippen LogP contribution is 2.41. The predicted octanol–water partition coefficient (Wildman–Crippen LogP) is 4.94. The average molecular weight is 403 g/mol. The first-order chi connectivity index (χ1) is 14.2. The first kappa shape index (κ1) is 17.2. The Balaban J connectivity index is 1.34. The van der Waals surface area contributed by atoms with E-state index in [-0.39, 0.29) is 5.56 Å². The summed E-state index contributed by atoms with van der Waals surface area (Å²) in [5.41, 5.74) is 3.55. The van der Waals surface area contributed by atoms with Gasteiger partial charge < -0.3 is 8.98 Å². The molecule has 0 spiro atoms. The van der Waals surface area contributed by atoms with Crippen molar-refractivity contribution in [3.05, 3.63) is 81.8 Å². The molecule has 5 heterocycles. The minimum atomic E-state index is 0.140. The lowest BCUT2D eigenvalue weighted by Crippen LogP contribution is -2.46. The Morgan fingerprint density at radius 3 is 2.83 bits per heavy atom. The van der Waals surface area contributed by atoms with E-state index in [1.54, 1.807) is 17.4 Å². The number of likely N-dealkylation sites (tertiary alicyclic amines) is 1. The average Bonchev–Trinajstić information content (AvgIpc) is 3.38. The van der Waals surface area contributed by atoms with Gasteiger partial charge in [-0.15, -0.1) is 11.3 Å². The van der Waals surface area contributed by atoms with Crippen LogP contribution < -0.4 is 5.56 Å². The zero-order valence-electron chi connectivity index (χ0n) is 16.1. The van der Waals surface area contributed by atoms with Crippen molar-refractivity contribution in [3.8, 4) is 10.4 Å². The Labute approximate surface area is 173 Å². The summed E-state index contributed by atoms with van der Waals surface area (Å²) in [6.07, 6.45) is 1.17. The van der Waals surface area contributed by atoms with Crippen LogP contribution in [0.25, 0.3) is 21.4 Å². The van der Waals surface area contributed by atoms with Crippen molar-refractivity contribution in [2.45, 2.75) is 25.4 Å². The van der Waals surface area contributed by atoms with Crippen LogP contribution in [-0.4, -0.2) is 22.6 Å². The number of fused-ring (bicyclic) bond motifs is 5. The molecule has 2 aliphatic heterocycles. The highest BCUT2D eigenvalue weighted by atomic mass is 32.1. The van der Waals surface area contributed by atoms with Crippen LogP contribution in [0, 0.1) is 5.92 Å². The number of thiophene rings is 1. The van der Waals surface area contributed by atoms with E-state index in [0.29, 0.717) is 11.8 Å². The molecule has 0 saturated carbocycles. The second-order valence-electron chi connectivity index (χ2n) is 8.30. The van der Waals surface area contributed by atoms with Crippen molar-refractivity contribution in [2.75, 3.05) is 13.1 Å². The number of piperidine rings is 1. The number of rotatable bonds is 3. The highest BCUT2D eigenvalue weighted by molar-refractivity contribution is 7.13. The number of furan rings is 1. The molecule has 29 heavy (non-hydrogen) atoms. The molecular formula is C24H22N2O2S. The Kier molecular flexibility index (Phi) is 3.99. The summed E-state index contributed by atoms with van der Waals surface area (Å²) in [6.45, 7) is 3.63. The first-order valence-corrected chi connectivity index (χ1v) is 11.1. The van der Waals surface area contributed by atoms with Gasteiger partial charge in [-0.1, -0.05) is 24.3 Å². The summed E-state index contributed by atoms with van der Waals surface area (Å²) in [4.78, 5) is 16.4. The largest absolute Gasteiger partial charge is 0.460 e. The normalized spacial score (nSPS) is 21.4. The summed E-state index contributed by atoms with van der Waals surface area (Å²) in [5.74, 6) is 1.93. The Morgan fingerprint density at radius 2 is 1.97 bits per heavy atom. The number of para-hydroxylation sites is 1. The minimum absolute atomic E-state index is 0.140. The third-order valence-electron chi connectivity index (χ3n) is 6.31. The van der Waals surface area contributed by atoms with Crippen molar-refractivity contribution in [1.82, 2.24) is 9.47 Å². The zero-order valence-corrected chi connectivity index (χ0v) is 16.9. The minimum Gasteiger partial charge on any atom is -0.460 e. The van der Waals surface area contributed by atoms with Gasteiger partial charge in [-0.3, -0.25) is 9.69 Å². The van der Waals surface area contributed by atoms with Gasteiger partial charge in [0.05, 0.1) is 6.54 Å².